The summed E-state index contributed by atoms with van der Waals surface area (Å²) in [5, 5.41) is 0. The van der Waals surface area contributed by atoms with E-state index in [0.29, 0.717) is 0 Å². The normalized spacial score (nSPS) is 1.80. The van der Waals surface area contributed by atoms with Crippen LogP contribution < -0.4 is 11.5 Å². The Hall–Kier alpha value is -2.16. The first-order chi connectivity index (χ1) is 4.91. The van der Waals surface area contributed by atoms with Gasteiger partial charge in [0.2, 0.25) is 0 Å². The highest BCUT2D eigenvalue weighted by molar-refractivity contribution is 4.85. The van der Waals surface area contributed by atoms with Crippen molar-refractivity contribution < 1.29 is 0 Å². The van der Waals surface area contributed by atoms with E-state index < -0.39 is 0 Å². The zero-order valence-corrected chi connectivity index (χ0v) is 5.62. The van der Waals surface area contributed by atoms with E-state index in [1.165, 1.54) is 0 Å². The predicted octanol–water partition coefficient (Wildman–Crippen LogP) is -0.430. The van der Waals surface area contributed by atoms with Gasteiger partial charge in [-0.1, -0.05) is 0 Å². The van der Waals surface area contributed by atoms with Crippen molar-refractivity contribution in [2.24, 2.45) is 11.5 Å². The highest BCUT2D eigenvalue weighted by Gasteiger charge is 1.23. The van der Waals surface area contributed by atoms with Crippen molar-refractivity contribution in [1.82, 2.24) is 0 Å². The Morgan fingerprint density at radius 2 is 0.700 bits per heavy atom. The lowest BCUT2D eigenvalue weighted by molar-refractivity contribution is 1.66. The molecule has 0 aromatic carbocycles. The van der Waals surface area contributed by atoms with Gasteiger partial charge in [0.15, 0.2) is 0 Å². The van der Waals surface area contributed by atoms with Crippen LogP contribution in [0.1, 0.15) is 0 Å². The van der Waals surface area contributed by atoms with E-state index in [1.807, 2.05) is 12.1 Å². The number of nitrogens with two attached hydrogens (primary N) is 2. The molecule has 2 nitrogen and oxygen atoms in total. The molecule has 0 aliphatic carbocycles. The van der Waals surface area contributed by atoms with Crippen molar-refractivity contribution in [2.75, 3.05) is 0 Å². The van der Waals surface area contributed by atoms with Crippen LogP contribution in [-0.4, -0.2) is 0 Å². The van der Waals surface area contributed by atoms with Crippen LogP contribution in [-0.2, 0) is 0 Å². The van der Waals surface area contributed by atoms with Crippen LogP contribution in [0.2, 0.25) is 0 Å². The summed E-state index contributed by atoms with van der Waals surface area (Å²) in [6, 6.07) is 3.92. The van der Waals surface area contributed by atoms with E-state index in [0.717, 1.165) is 0 Å². The standard InChI is InChI=1S/C2H4N2.3C2H2/c3-1-2-4;3*1-2/h3-4H2;3*1-2H. The summed E-state index contributed by atoms with van der Waals surface area (Å²) < 4.78 is 0. The molecule has 0 saturated carbocycles. The monoisotopic (exact) mass is 134 g/mol. The molecular weight excluding hydrogens is 124 g/mol. The fraction of sp³-hybridized carbons (Fsp3) is 0. The second-order valence-electron chi connectivity index (χ2n) is 0.289. The van der Waals surface area contributed by atoms with Crippen molar-refractivity contribution in [2.45, 2.75) is 0 Å². The first kappa shape index (κ1) is 24.9. The third kappa shape index (κ3) is 102. The van der Waals surface area contributed by atoms with Crippen LogP contribution in [0.25, 0.3) is 0 Å². The lowest BCUT2D eigenvalue weighted by atomic mass is 11.1. The highest BCUT2D eigenvalue weighted by atomic mass is 14.5. The molecule has 0 bridgehead atoms. The summed E-state index contributed by atoms with van der Waals surface area (Å²) in [4.78, 5) is 0. The number of hydrogen-bond acceptors (Lipinski definition) is 2. The molecule has 0 radical (unpaired) electrons. The van der Waals surface area contributed by atoms with E-state index in [2.05, 4.69) is 50.0 Å². The summed E-state index contributed by atoms with van der Waals surface area (Å²) in [6.07, 6.45) is 24.0. The van der Waals surface area contributed by atoms with Gasteiger partial charge in [-0.05, 0) is 0 Å². The Kier molecular flexibility index (Phi) is 22700. The first-order valence-electron chi connectivity index (χ1n) is 1.83. The molecule has 0 heterocycles. The van der Waals surface area contributed by atoms with Gasteiger partial charge in [0.05, 0.1) is 0 Å². The summed E-state index contributed by atoms with van der Waals surface area (Å²) in [5.41, 5.74) is 9.08. The van der Waals surface area contributed by atoms with Gasteiger partial charge < -0.3 is 11.5 Å². The van der Waals surface area contributed by atoms with Crippen LogP contribution in [0.4, 0.5) is 0 Å². The van der Waals surface area contributed by atoms with Gasteiger partial charge in [0.1, 0.15) is 0 Å². The SMILES string of the molecule is C#C.C#C.C#C.NC#CN. The second kappa shape index (κ2) is 9110. The lowest BCUT2D eigenvalue weighted by Gasteiger charge is -1.46. The average molecular weight is 134 g/mol. The zero-order chi connectivity index (χ0) is 9.41. The Morgan fingerprint density at radius 3 is 0.700 bits per heavy atom. The fourth-order valence-electron chi connectivity index (χ4n) is 0. The maximum absolute atomic E-state index is 4.54. The smallest absolute Gasteiger partial charge is 0.0246 e. The molecule has 0 aliphatic rings. The molecule has 10 heavy (non-hydrogen) atoms. The molecule has 0 saturated heterocycles. The molecule has 0 aromatic rings. The van der Waals surface area contributed by atoms with Gasteiger partial charge in [0.25, 0.3) is 0 Å². The van der Waals surface area contributed by atoms with Crippen LogP contribution in [0.15, 0.2) is 0 Å². The van der Waals surface area contributed by atoms with Gasteiger partial charge in [-0.2, -0.15) is 0 Å². The molecule has 4 N–H and O–H groups in total. The van der Waals surface area contributed by atoms with Crippen LogP contribution >= 0.6 is 0 Å². The van der Waals surface area contributed by atoms with Crippen molar-refractivity contribution >= 4 is 0 Å². The topological polar surface area (TPSA) is 52.0 Å². The number of hydrogen-bond donors (Lipinski definition) is 2. The third-order valence-corrected chi connectivity index (χ3v) is 0.0833. The first-order valence-corrected chi connectivity index (χ1v) is 1.83. The van der Waals surface area contributed by atoms with E-state index in [-0.39, 0.29) is 0 Å². The van der Waals surface area contributed by atoms with Crippen LogP contribution in [0, 0.1) is 50.6 Å². The van der Waals surface area contributed by atoms with E-state index in [9.17, 15) is 0 Å². The maximum Gasteiger partial charge on any atom is 0.0246 e. The van der Waals surface area contributed by atoms with Gasteiger partial charge in [-0.25, -0.2) is 0 Å². The number of rotatable bonds is 0. The minimum Gasteiger partial charge on any atom is -0.358 e. The molecule has 0 aliphatic heterocycles. The maximum atomic E-state index is 4.54. The van der Waals surface area contributed by atoms with Gasteiger partial charge >= 0.3 is 0 Å². The Labute approximate surface area is 63.0 Å². The Morgan fingerprint density at radius 1 is 0.600 bits per heavy atom. The lowest BCUT2D eigenvalue weighted by Crippen LogP contribution is -1.82. The Bertz CT molecular complexity index is 109. The third-order valence-electron chi connectivity index (χ3n) is 0.0833. The molecular formula is C8H10N2. The molecule has 0 unspecified atom stereocenters. The van der Waals surface area contributed by atoms with E-state index >= 15 is 0 Å². The van der Waals surface area contributed by atoms with E-state index in [1.54, 1.807) is 0 Å². The minimum absolute atomic E-state index is 1.96. The average Bonchev–Trinajstić information content (AvgIpc) is 2.14. The van der Waals surface area contributed by atoms with Gasteiger partial charge in [-0.3, -0.25) is 0 Å². The number of terminal acetylenes is 3. The molecule has 0 fully saturated rings. The fourth-order valence-corrected chi connectivity index (χ4v) is 0. The predicted molar refractivity (Wildman–Crippen MR) is 45.8 cm³/mol. The van der Waals surface area contributed by atoms with Crippen molar-refractivity contribution in [1.29, 1.82) is 0 Å². The summed E-state index contributed by atoms with van der Waals surface area (Å²) in [7, 11) is 0. The molecule has 52 valence electrons. The van der Waals surface area contributed by atoms with Gasteiger partial charge in [-0.15, -0.1) is 38.5 Å². The van der Waals surface area contributed by atoms with E-state index in [4.69, 9.17) is 0 Å². The zero-order valence-electron chi connectivity index (χ0n) is 5.62. The summed E-state index contributed by atoms with van der Waals surface area (Å²) in [5.74, 6) is 0. The van der Waals surface area contributed by atoms with Crippen molar-refractivity contribution in [3.63, 3.8) is 0 Å². The molecule has 2 heteroatoms. The minimum atomic E-state index is 1.96. The van der Waals surface area contributed by atoms with Gasteiger partial charge in [0, 0.05) is 12.1 Å². The summed E-state index contributed by atoms with van der Waals surface area (Å²) >= 11 is 0. The summed E-state index contributed by atoms with van der Waals surface area (Å²) in [6.45, 7) is 0. The van der Waals surface area contributed by atoms with Crippen molar-refractivity contribution in [3.05, 3.63) is 0 Å². The van der Waals surface area contributed by atoms with Crippen molar-refractivity contribution in [3.8, 4) is 50.6 Å². The van der Waals surface area contributed by atoms with Crippen LogP contribution in [0.5, 0.6) is 0 Å². The molecule has 0 amide bonds. The molecule has 0 spiro atoms. The molecule has 0 aromatic heterocycles. The molecule has 0 atom stereocenters. The largest absolute Gasteiger partial charge is 0.358 e. The molecule has 0 rings (SSSR count). The second-order valence-corrected chi connectivity index (χ2v) is 0.289. The van der Waals surface area contributed by atoms with Crippen LogP contribution in [0.3, 0.4) is 0 Å². The highest BCUT2D eigenvalue weighted by Crippen LogP contribution is 1.06. The Balaban J connectivity index is -0.0000000262. The quantitative estimate of drug-likeness (QED) is 0.349.